The molecule has 0 aliphatic rings. The lowest BCUT2D eigenvalue weighted by Gasteiger charge is -2.36. The highest BCUT2D eigenvalue weighted by Gasteiger charge is 2.32. The molecular weight excluding hydrogens is 822 g/mol. The maximum absolute atomic E-state index is 8.55. The average Bonchev–Trinajstić information content (AvgIpc) is 3.38. The smallest absolute Gasteiger partial charge is 0.142 e. The van der Waals surface area contributed by atoms with Gasteiger partial charge in [-0.1, -0.05) is 164 Å². The van der Waals surface area contributed by atoms with Gasteiger partial charge in [0.2, 0.25) is 0 Å². The van der Waals surface area contributed by atoms with Crippen LogP contribution < -0.4 is 28.1 Å². The van der Waals surface area contributed by atoms with Gasteiger partial charge in [-0.05, 0) is 109 Å². The number of rotatable bonds is 9. The summed E-state index contributed by atoms with van der Waals surface area (Å²) in [6.07, 6.45) is 0. The van der Waals surface area contributed by atoms with Crippen molar-refractivity contribution in [2.75, 3.05) is 21.1 Å². The SMILES string of the molecule is C[N+](c1ccccc1)(c1ccccc1)c1ccccc1.C[N+](c1ccccc1)(c1ccccc1)c1ccccc1.C[N+](c1ccccc1)(c1ccccc1)c1ccccc1.O=P([O-])([O-])[O-]. The molecule has 0 bridgehead atoms. The van der Waals surface area contributed by atoms with Gasteiger partial charge in [0, 0.05) is 0 Å². The summed E-state index contributed by atoms with van der Waals surface area (Å²) < 4.78 is 10.6. The highest BCUT2D eigenvalue weighted by atomic mass is 31.2. The number of hydrogen-bond donors (Lipinski definition) is 0. The Bertz CT molecular complexity index is 2170. The van der Waals surface area contributed by atoms with Crippen LogP contribution in [0.3, 0.4) is 0 Å². The van der Waals surface area contributed by atoms with E-state index in [1.54, 1.807) is 0 Å². The number of para-hydroxylation sites is 9. The molecule has 0 saturated heterocycles. The fraction of sp³-hybridized carbons (Fsp3) is 0.0526. The zero-order valence-electron chi connectivity index (χ0n) is 36.9. The summed E-state index contributed by atoms with van der Waals surface area (Å²) in [5.41, 5.74) is 11.3. The molecule has 0 saturated carbocycles. The molecule has 0 aliphatic carbocycles. The van der Waals surface area contributed by atoms with Gasteiger partial charge in [0.25, 0.3) is 0 Å². The topological polar surface area (TPSA) is 86.2 Å². The first-order chi connectivity index (χ1) is 31.4. The molecule has 9 rings (SSSR count). The molecule has 0 aliphatic heterocycles. The second-order valence-electron chi connectivity index (χ2n) is 15.5. The van der Waals surface area contributed by atoms with Crippen molar-refractivity contribution >= 4 is 59.0 Å². The lowest BCUT2D eigenvalue weighted by molar-refractivity contribution is -0.432. The molecule has 65 heavy (non-hydrogen) atoms. The van der Waals surface area contributed by atoms with E-state index in [-0.39, 0.29) is 0 Å². The van der Waals surface area contributed by atoms with Crippen molar-refractivity contribution in [1.29, 1.82) is 0 Å². The molecule has 9 aromatic carbocycles. The van der Waals surface area contributed by atoms with Gasteiger partial charge in [-0.2, -0.15) is 7.82 Å². The number of benzene rings is 9. The van der Waals surface area contributed by atoms with Crippen molar-refractivity contribution in [1.82, 2.24) is 13.4 Å². The summed E-state index contributed by atoms with van der Waals surface area (Å²) in [6.45, 7) is 0. The number of phosphoric acid groups is 1. The Morgan fingerprint density at radius 3 is 0.385 bits per heavy atom. The Hall–Kier alpha value is -7.03. The van der Waals surface area contributed by atoms with Crippen LogP contribution in [0.4, 0.5) is 51.2 Å². The summed E-state index contributed by atoms with van der Waals surface area (Å²) in [7, 11) is 1.32. The molecule has 7 nitrogen and oxygen atoms in total. The number of hydrogen-bond acceptors (Lipinski definition) is 4. The standard InChI is InChI=1S/3C19H18N.H3O4P/c3*1-20(17-11-5-2-6-12-17,18-13-7-3-8-14-18)19-15-9-4-10-16-19;1-5(2,3)4/h3*2-16H,1H3;(H3,1,2,3,4)/q3*+1;/p-3. The number of nitrogens with zero attached hydrogens (tertiary/aromatic N) is 3. The normalized spacial score (nSPS) is 11.3. The van der Waals surface area contributed by atoms with Crippen LogP contribution in [-0.2, 0) is 4.57 Å². The molecule has 326 valence electrons. The van der Waals surface area contributed by atoms with E-state index in [1.807, 2.05) is 0 Å². The van der Waals surface area contributed by atoms with E-state index in [9.17, 15) is 0 Å². The molecule has 0 unspecified atom stereocenters. The van der Waals surface area contributed by atoms with E-state index >= 15 is 0 Å². The lowest BCUT2D eigenvalue weighted by Crippen LogP contribution is -2.33. The van der Waals surface area contributed by atoms with Gasteiger partial charge < -0.3 is 19.2 Å². The maximum Gasteiger partial charge on any atom is 0.142 e. The molecular formula is C57H54N3O4P. The van der Waals surface area contributed by atoms with E-state index in [0.717, 1.165) is 0 Å². The predicted octanol–water partition coefficient (Wildman–Crippen LogP) is 13.0. The van der Waals surface area contributed by atoms with Crippen LogP contribution in [0.1, 0.15) is 0 Å². The van der Waals surface area contributed by atoms with Gasteiger partial charge in [-0.25, -0.2) is 13.4 Å². The van der Waals surface area contributed by atoms with E-state index in [4.69, 9.17) is 19.2 Å². The Balaban J connectivity index is 0.000000153. The van der Waals surface area contributed by atoms with Crippen molar-refractivity contribution in [3.63, 3.8) is 0 Å². The Morgan fingerprint density at radius 1 is 0.231 bits per heavy atom. The summed E-state index contributed by atoms with van der Waals surface area (Å²) in [6, 6.07) is 95.5. The van der Waals surface area contributed by atoms with Crippen LogP contribution in [0.2, 0.25) is 0 Å². The second-order valence-corrected chi connectivity index (χ2v) is 16.4. The van der Waals surface area contributed by atoms with Gasteiger partial charge >= 0.3 is 0 Å². The highest BCUT2D eigenvalue weighted by molar-refractivity contribution is 7.40. The third-order valence-corrected chi connectivity index (χ3v) is 11.5. The first kappa shape index (κ1) is 47.4. The Labute approximate surface area is 384 Å². The van der Waals surface area contributed by atoms with Crippen LogP contribution in [0.15, 0.2) is 273 Å². The molecule has 0 amide bonds. The molecule has 0 heterocycles. The lowest BCUT2D eigenvalue weighted by atomic mass is 10.1. The van der Waals surface area contributed by atoms with E-state index < -0.39 is 7.82 Å². The molecule has 9 aromatic rings. The summed E-state index contributed by atoms with van der Waals surface area (Å²) in [5.74, 6) is 0. The fourth-order valence-electron chi connectivity index (χ4n) is 7.88. The van der Waals surface area contributed by atoms with E-state index in [0.29, 0.717) is 13.4 Å². The van der Waals surface area contributed by atoms with Crippen LogP contribution in [0, 0.1) is 0 Å². The van der Waals surface area contributed by atoms with Crippen LogP contribution in [0.5, 0.6) is 0 Å². The molecule has 0 aromatic heterocycles. The van der Waals surface area contributed by atoms with Crippen molar-refractivity contribution in [2.45, 2.75) is 0 Å². The third kappa shape index (κ3) is 12.2. The molecule has 0 N–H and O–H groups in total. The molecule has 0 spiro atoms. The monoisotopic (exact) mass is 875 g/mol. The molecule has 0 atom stereocenters. The van der Waals surface area contributed by atoms with Crippen LogP contribution >= 0.6 is 7.82 Å². The molecule has 8 heteroatoms. The zero-order chi connectivity index (χ0) is 46.0. The van der Waals surface area contributed by atoms with Crippen LogP contribution in [-0.4, -0.2) is 21.1 Å². The maximum atomic E-state index is 8.55. The van der Waals surface area contributed by atoms with E-state index in [2.05, 4.69) is 294 Å². The van der Waals surface area contributed by atoms with Crippen molar-refractivity contribution in [3.05, 3.63) is 273 Å². The summed E-state index contributed by atoms with van der Waals surface area (Å²) >= 11 is 0. The first-order valence-corrected chi connectivity index (χ1v) is 22.7. The molecule has 0 radical (unpaired) electrons. The van der Waals surface area contributed by atoms with Gasteiger partial charge in [0.1, 0.15) is 51.2 Å². The Morgan fingerprint density at radius 2 is 0.308 bits per heavy atom. The molecule has 0 fully saturated rings. The minimum Gasteiger partial charge on any atom is -0.822 e. The third-order valence-electron chi connectivity index (χ3n) is 11.5. The van der Waals surface area contributed by atoms with E-state index in [1.165, 1.54) is 51.2 Å². The van der Waals surface area contributed by atoms with Crippen LogP contribution in [0.25, 0.3) is 0 Å². The minimum absolute atomic E-state index is 0.669. The van der Waals surface area contributed by atoms with Crippen molar-refractivity contribution < 1.29 is 19.2 Å². The van der Waals surface area contributed by atoms with Gasteiger partial charge in [-0.15, -0.1) is 0 Å². The summed E-state index contributed by atoms with van der Waals surface area (Å²) in [5, 5.41) is 0. The van der Waals surface area contributed by atoms with Gasteiger partial charge in [0.05, 0.1) is 21.1 Å². The highest BCUT2D eigenvalue weighted by Crippen LogP contribution is 2.43. The zero-order valence-corrected chi connectivity index (χ0v) is 37.8. The summed E-state index contributed by atoms with van der Waals surface area (Å²) in [4.78, 5) is 25.6. The fourth-order valence-corrected chi connectivity index (χ4v) is 7.88. The number of quaternary nitrogens is 3. The average molecular weight is 876 g/mol. The first-order valence-electron chi connectivity index (χ1n) is 21.3. The Kier molecular flexibility index (Phi) is 16.5. The largest absolute Gasteiger partial charge is 0.822 e. The minimum atomic E-state index is -5.39. The van der Waals surface area contributed by atoms with Crippen molar-refractivity contribution in [2.24, 2.45) is 0 Å². The quantitative estimate of drug-likeness (QED) is 0.107. The van der Waals surface area contributed by atoms with Gasteiger partial charge in [0.15, 0.2) is 0 Å². The van der Waals surface area contributed by atoms with Gasteiger partial charge in [-0.3, -0.25) is 0 Å². The second kappa shape index (κ2) is 22.5. The van der Waals surface area contributed by atoms with Crippen molar-refractivity contribution in [3.8, 4) is 0 Å². The predicted molar refractivity (Wildman–Crippen MR) is 267 cm³/mol.